The standard InChI is InChI=1S/C19H25ClN2.ClH/c1-15-8-5-6-9-18(15)22(13-7-12-21(3)4)19-14-17(20)11-10-16(19)2;/h5-6,8-11,14H,7,12-13H2,1-4H3;1H. The third-order valence-corrected chi connectivity index (χ3v) is 4.09. The molecular formula is C19H26Cl2N2. The zero-order valence-corrected chi connectivity index (χ0v) is 15.9. The summed E-state index contributed by atoms with van der Waals surface area (Å²) < 4.78 is 0. The van der Waals surface area contributed by atoms with Crippen molar-refractivity contribution in [3.63, 3.8) is 0 Å². The van der Waals surface area contributed by atoms with Gasteiger partial charge in [0.2, 0.25) is 0 Å². The van der Waals surface area contributed by atoms with Crippen molar-refractivity contribution in [3.8, 4) is 0 Å². The van der Waals surface area contributed by atoms with Crippen LogP contribution in [0.25, 0.3) is 0 Å². The molecule has 0 aliphatic heterocycles. The quantitative estimate of drug-likeness (QED) is 0.680. The molecule has 0 N–H and O–H groups in total. The molecule has 0 unspecified atom stereocenters. The van der Waals surface area contributed by atoms with Crippen molar-refractivity contribution < 1.29 is 0 Å². The molecule has 0 atom stereocenters. The molecule has 0 spiro atoms. The van der Waals surface area contributed by atoms with Crippen molar-refractivity contribution in [2.75, 3.05) is 32.1 Å². The second-order valence-electron chi connectivity index (χ2n) is 6.03. The number of hydrogen-bond acceptors (Lipinski definition) is 2. The van der Waals surface area contributed by atoms with Crippen LogP contribution in [-0.2, 0) is 0 Å². The van der Waals surface area contributed by atoms with E-state index in [1.54, 1.807) is 0 Å². The molecule has 0 fully saturated rings. The molecule has 23 heavy (non-hydrogen) atoms. The third-order valence-electron chi connectivity index (χ3n) is 3.86. The van der Waals surface area contributed by atoms with Crippen LogP contribution >= 0.6 is 24.0 Å². The molecule has 0 radical (unpaired) electrons. The van der Waals surface area contributed by atoms with Gasteiger partial charge in [0, 0.05) is 22.9 Å². The first-order chi connectivity index (χ1) is 10.5. The molecule has 126 valence electrons. The summed E-state index contributed by atoms with van der Waals surface area (Å²) in [7, 11) is 4.23. The summed E-state index contributed by atoms with van der Waals surface area (Å²) in [5.74, 6) is 0. The van der Waals surface area contributed by atoms with Gasteiger partial charge < -0.3 is 9.80 Å². The maximum Gasteiger partial charge on any atom is 0.0455 e. The maximum atomic E-state index is 6.24. The van der Waals surface area contributed by atoms with E-state index in [2.05, 4.69) is 74.1 Å². The van der Waals surface area contributed by atoms with Gasteiger partial charge in [0.1, 0.15) is 0 Å². The second kappa shape index (κ2) is 9.17. The molecule has 0 aliphatic rings. The Morgan fingerprint density at radius 2 is 1.52 bits per heavy atom. The Morgan fingerprint density at radius 3 is 2.17 bits per heavy atom. The van der Waals surface area contributed by atoms with Gasteiger partial charge in [-0.2, -0.15) is 0 Å². The van der Waals surface area contributed by atoms with Crippen LogP contribution < -0.4 is 4.90 Å². The van der Waals surface area contributed by atoms with Crippen LogP contribution in [-0.4, -0.2) is 32.1 Å². The Morgan fingerprint density at radius 1 is 0.870 bits per heavy atom. The first-order valence-electron chi connectivity index (χ1n) is 7.73. The number of nitrogens with zero attached hydrogens (tertiary/aromatic N) is 2. The first-order valence-corrected chi connectivity index (χ1v) is 8.11. The minimum absolute atomic E-state index is 0. The fourth-order valence-electron chi connectivity index (χ4n) is 2.66. The highest BCUT2D eigenvalue weighted by atomic mass is 35.5. The highest BCUT2D eigenvalue weighted by Gasteiger charge is 2.14. The number of hydrogen-bond donors (Lipinski definition) is 0. The van der Waals surface area contributed by atoms with Crippen LogP contribution in [0.5, 0.6) is 0 Å². The van der Waals surface area contributed by atoms with Crippen molar-refractivity contribution in [2.45, 2.75) is 20.3 Å². The van der Waals surface area contributed by atoms with Crippen LogP contribution in [0.15, 0.2) is 42.5 Å². The molecule has 2 nitrogen and oxygen atoms in total. The van der Waals surface area contributed by atoms with Gasteiger partial charge in [-0.1, -0.05) is 35.9 Å². The average Bonchev–Trinajstić information content (AvgIpc) is 2.47. The highest BCUT2D eigenvalue weighted by molar-refractivity contribution is 6.30. The molecule has 0 aliphatic carbocycles. The normalized spacial score (nSPS) is 10.5. The first kappa shape index (κ1) is 19.8. The summed E-state index contributed by atoms with van der Waals surface area (Å²) >= 11 is 6.24. The van der Waals surface area contributed by atoms with Crippen LogP contribution in [0.3, 0.4) is 0 Å². The monoisotopic (exact) mass is 352 g/mol. The molecule has 0 saturated carbocycles. The molecule has 0 heterocycles. The van der Waals surface area contributed by atoms with E-state index >= 15 is 0 Å². The zero-order valence-electron chi connectivity index (χ0n) is 14.3. The molecular weight excluding hydrogens is 327 g/mol. The van der Waals surface area contributed by atoms with Crippen molar-refractivity contribution in [3.05, 3.63) is 58.6 Å². The minimum atomic E-state index is 0. The number of rotatable bonds is 6. The predicted octanol–water partition coefficient (Wildman–Crippen LogP) is 5.47. The van der Waals surface area contributed by atoms with E-state index < -0.39 is 0 Å². The molecule has 0 bridgehead atoms. The third kappa shape index (κ3) is 5.42. The molecule has 2 aromatic carbocycles. The Kier molecular flexibility index (Phi) is 7.90. The van der Waals surface area contributed by atoms with Gasteiger partial charge in [-0.15, -0.1) is 12.4 Å². The van der Waals surface area contributed by atoms with Crippen molar-refractivity contribution in [2.24, 2.45) is 0 Å². The average molecular weight is 353 g/mol. The van der Waals surface area contributed by atoms with Gasteiger partial charge in [0.25, 0.3) is 0 Å². The summed E-state index contributed by atoms with van der Waals surface area (Å²) in [5, 5.41) is 0.784. The van der Waals surface area contributed by atoms with Gasteiger partial charge in [-0.25, -0.2) is 0 Å². The second-order valence-corrected chi connectivity index (χ2v) is 6.46. The fourth-order valence-corrected chi connectivity index (χ4v) is 2.82. The van der Waals surface area contributed by atoms with Crippen LogP contribution in [0.2, 0.25) is 5.02 Å². The Bertz CT molecular complexity index is 627. The van der Waals surface area contributed by atoms with Crippen LogP contribution in [0.4, 0.5) is 11.4 Å². The van der Waals surface area contributed by atoms with E-state index in [4.69, 9.17) is 11.6 Å². The molecule has 2 rings (SSSR count). The van der Waals surface area contributed by atoms with Crippen molar-refractivity contribution in [1.82, 2.24) is 4.90 Å². The Balaban J connectivity index is 0.00000264. The number of para-hydroxylation sites is 1. The molecule has 2 aromatic rings. The smallest absolute Gasteiger partial charge is 0.0455 e. The molecule has 0 saturated heterocycles. The van der Waals surface area contributed by atoms with E-state index in [0.717, 1.165) is 24.5 Å². The SMILES string of the molecule is Cc1ccccc1N(CCCN(C)C)c1cc(Cl)ccc1C.Cl. The largest absolute Gasteiger partial charge is 0.341 e. The van der Waals surface area contributed by atoms with Gasteiger partial charge in [0.05, 0.1) is 0 Å². The summed E-state index contributed by atoms with van der Waals surface area (Å²) in [5.41, 5.74) is 4.98. The van der Waals surface area contributed by atoms with Crippen molar-refractivity contribution in [1.29, 1.82) is 0 Å². The number of aryl methyl sites for hydroxylation is 2. The van der Waals surface area contributed by atoms with E-state index in [0.29, 0.717) is 0 Å². The fraction of sp³-hybridized carbons (Fsp3) is 0.368. The van der Waals surface area contributed by atoms with E-state index in [1.807, 2.05) is 6.07 Å². The highest BCUT2D eigenvalue weighted by Crippen LogP contribution is 2.32. The van der Waals surface area contributed by atoms with Crippen LogP contribution in [0.1, 0.15) is 17.5 Å². The van der Waals surface area contributed by atoms with E-state index in [1.165, 1.54) is 22.5 Å². The summed E-state index contributed by atoms with van der Waals surface area (Å²) in [6.07, 6.45) is 1.10. The van der Waals surface area contributed by atoms with Gasteiger partial charge >= 0.3 is 0 Å². The van der Waals surface area contributed by atoms with E-state index in [9.17, 15) is 0 Å². The lowest BCUT2D eigenvalue weighted by Crippen LogP contribution is -2.24. The molecule has 0 amide bonds. The lowest BCUT2D eigenvalue weighted by molar-refractivity contribution is 0.402. The molecule has 4 heteroatoms. The Labute approximate surface area is 151 Å². The van der Waals surface area contributed by atoms with Crippen LogP contribution in [0, 0.1) is 13.8 Å². The van der Waals surface area contributed by atoms with E-state index in [-0.39, 0.29) is 12.4 Å². The number of benzene rings is 2. The summed E-state index contributed by atoms with van der Waals surface area (Å²) in [6, 6.07) is 14.6. The summed E-state index contributed by atoms with van der Waals surface area (Å²) in [6.45, 7) is 6.35. The van der Waals surface area contributed by atoms with Gasteiger partial charge in [0.15, 0.2) is 0 Å². The lowest BCUT2D eigenvalue weighted by atomic mass is 10.1. The lowest BCUT2D eigenvalue weighted by Gasteiger charge is -2.29. The van der Waals surface area contributed by atoms with Gasteiger partial charge in [-0.05, 0) is 70.2 Å². The molecule has 0 aromatic heterocycles. The Hall–Kier alpha value is -1.22. The minimum Gasteiger partial charge on any atom is -0.341 e. The maximum absolute atomic E-state index is 6.24. The van der Waals surface area contributed by atoms with Crippen molar-refractivity contribution >= 4 is 35.4 Å². The summed E-state index contributed by atoms with van der Waals surface area (Å²) in [4.78, 5) is 4.61. The topological polar surface area (TPSA) is 6.48 Å². The zero-order chi connectivity index (χ0) is 16.1. The van der Waals surface area contributed by atoms with Gasteiger partial charge in [-0.3, -0.25) is 0 Å². The predicted molar refractivity (Wildman–Crippen MR) is 105 cm³/mol. The number of anilines is 2. The number of halogens is 2.